The number of nitrogen functional groups attached to an aromatic ring is 1. The van der Waals surface area contributed by atoms with Gasteiger partial charge in [-0.1, -0.05) is 0 Å². The number of benzene rings is 1. The minimum Gasteiger partial charge on any atom is -0.399 e. The Bertz CT molecular complexity index is 416. The highest BCUT2D eigenvalue weighted by atomic mass is 15.1. The van der Waals surface area contributed by atoms with Gasteiger partial charge in [-0.2, -0.15) is 5.26 Å². The maximum Gasteiger partial charge on any atom is 0.101 e. The van der Waals surface area contributed by atoms with Crippen molar-refractivity contribution in [3.05, 3.63) is 23.8 Å². The van der Waals surface area contributed by atoms with Crippen LogP contribution in [-0.2, 0) is 0 Å². The minimum atomic E-state index is 0.655. The second-order valence-electron chi connectivity index (χ2n) is 4.37. The van der Waals surface area contributed by atoms with Crippen LogP contribution in [0.5, 0.6) is 0 Å². The van der Waals surface area contributed by atoms with Crippen LogP contribution in [0.1, 0.15) is 25.3 Å². The molecule has 1 aliphatic rings. The summed E-state index contributed by atoms with van der Waals surface area (Å²) in [7, 11) is 0. The van der Waals surface area contributed by atoms with Crippen LogP contribution in [0, 0.1) is 17.2 Å². The second-order valence-corrected chi connectivity index (χ2v) is 4.37. The number of anilines is 2. The molecule has 1 aromatic rings. The van der Waals surface area contributed by atoms with E-state index in [2.05, 4.69) is 17.9 Å². The monoisotopic (exact) mass is 215 g/mol. The van der Waals surface area contributed by atoms with Gasteiger partial charge in [-0.15, -0.1) is 0 Å². The molecule has 0 heterocycles. The lowest BCUT2D eigenvalue weighted by Crippen LogP contribution is -2.26. The summed E-state index contributed by atoms with van der Waals surface area (Å²) in [4.78, 5) is 2.27. The zero-order chi connectivity index (χ0) is 11.5. The largest absolute Gasteiger partial charge is 0.399 e. The zero-order valence-electron chi connectivity index (χ0n) is 9.61. The van der Waals surface area contributed by atoms with E-state index in [-0.39, 0.29) is 0 Å². The SMILES string of the molecule is CCN(CC1CC1)c1ccc(N)cc1C#N. The van der Waals surface area contributed by atoms with Gasteiger partial charge in [0, 0.05) is 18.8 Å². The summed E-state index contributed by atoms with van der Waals surface area (Å²) in [5.41, 5.74) is 8.05. The van der Waals surface area contributed by atoms with Gasteiger partial charge in [-0.25, -0.2) is 0 Å². The van der Waals surface area contributed by atoms with Crippen LogP contribution < -0.4 is 10.6 Å². The summed E-state index contributed by atoms with van der Waals surface area (Å²) in [6, 6.07) is 7.80. The highest BCUT2D eigenvalue weighted by molar-refractivity contribution is 5.64. The lowest BCUT2D eigenvalue weighted by molar-refractivity contribution is 0.741. The molecule has 1 aromatic carbocycles. The Balaban J connectivity index is 2.25. The summed E-state index contributed by atoms with van der Waals surface area (Å²) < 4.78 is 0. The molecule has 2 rings (SSSR count). The van der Waals surface area contributed by atoms with Crippen LogP contribution in [0.2, 0.25) is 0 Å². The van der Waals surface area contributed by atoms with E-state index in [4.69, 9.17) is 11.0 Å². The van der Waals surface area contributed by atoms with Gasteiger partial charge >= 0.3 is 0 Å². The van der Waals surface area contributed by atoms with E-state index in [0.29, 0.717) is 11.3 Å². The summed E-state index contributed by atoms with van der Waals surface area (Å²) in [5.74, 6) is 0.823. The van der Waals surface area contributed by atoms with E-state index < -0.39 is 0 Å². The topological polar surface area (TPSA) is 53.0 Å². The standard InChI is InChI=1S/C13H17N3/c1-2-16(9-10-3-4-10)13-6-5-12(15)7-11(13)8-14/h5-7,10H,2-4,9,15H2,1H3. The van der Waals surface area contributed by atoms with E-state index in [0.717, 1.165) is 24.7 Å². The molecule has 84 valence electrons. The third kappa shape index (κ3) is 2.27. The van der Waals surface area contributed by atoms with E-state index >= 15 is 0 Å². The Hall–Kier alpha value is -1.69. The van der Waals surface area contributed by atoms with Crippen molar-refractivity contribution < 1.29 is 0 Å². The quantitative estimate of drug-likeness (QED) is 0.784. The lowest BCUT2D eigenvalue weighted by atomic mass is 10.1. The molecule has 0 unspecified atom stereocenters. The molecule has 0 aliphatic heterocycles. The summed E-state index contributed by atoms with van der Waals surface area (Å²) in [6.45, 7) is 4.13. The van der Waals surface area contributed by atoms with Crippen LogP contribution in [0.15, 0.2) is 18.2 Å². The van der Waals surface area contributed by atoms with E-state index in [1.807, 2.05) is 12.1 Å². The summed E-state index contributed by atoms with van der Waals surface area (Å²) in [6.07, 6.45) is 2.65. The molecule has 0 aromatic heterocycles. The molecule has 0 bridgehead atoms. The van der Waals surface area contributed by atoms with Crippen LogP contribution in [0.25, 0.3) is 0 Å². The molecule has 0 saturated heterocycles. The van der Waals surface area contributed by atoms with Crippen molar-refractivity contribution in [2.45, 2.75) is 19.8 Å². The van der Waals surface area contributed by atoms with Gasteiger partial charge in [0.25, 0.3) is 0 Å². The average Bonchev–Trinajstić information content (AvgIpc) is 3.10. The maximum atomic E-state index is 9.10. The fraction of sp³-hybridized carbons (Fsp3) is 0.462. The van der Waals surface area contributed by atoms with Gasteiger partial charge in [0.1, 0.15) is 6.07 Å². The van der Waals surface area contributed by atoms with Crippen LogP contribution in [0.3, 0.4) is 0 Å². The molecule has 3 heteroatoms. The van der Waals surface area contributed by atoms with E-state index in [1.54, 1.807) is 6.07 Å². The molecule has 1 fully saturated rings. The smallest absolute Gasteiger partial charge is 0.101 e. The number of nitrogens with zero attached hydrogens (tertiary/aromatic N) is 2. The normalized spacial score (nSPS) is 14.5. The fourth-order valence-corrected chi connectivity index (χ4v) is 1.93. The Morgan fingerprint density at radius 3 is 2.81 bits per heavy atom. The third-order valence-corrected chi connectivity index (χ3v) is 3.04. The first-order valence-electron chi connectivity index (χ1n) is 5.79. The number of nitriles is 1. The predicted molar refractivity (Wildman–Crippen MR) is 66.2 cm³/mol. The Morgan fingerprint density at radius 2 is 2.25 bits per heavy atom. The molecule has 3 nitrogen and oxygen atoms in total. The molecule has 0 spiro atoms. The van der Waals surface area contributed by atoms with E-state index in [9.17, 15) is 0 Å². The molecular weight excluding hydrogens is 198 g/mol. The molecular formula is C13H17N3. The molecule has 1 saturated carbocycles. The Morgan fingerprint density at radius 1 is 1.50 bits per heavy atom. The highest BCUT2D eigenvalue weighted by Gasteiger charge is 2.24. The van der Waals surface area contributed by atoms with Crippen molar-refractivity contribution in [1.82, 2.24) is 0 Å². The van der Waals surface area contributed by atoms with Crippen LogP contribution >= 0.6 is 0 Å². The van der Waals surface area contributed by atoms with Gasteiger partial charge in [0.2, 0.25) is 0 Å². The molecule has 0 radical (unpaired) electrons. The molecule has 0 atom stereocenters. The van der Waals surface area contributed by atoms with Crippen molar-refractivity contribution >= 4 is 11.4 Å². The minimum absolute atomic E-state index is 0.655. The molecule has 2 N–H and O–H groups in total. The molecule has 1 aliphatic carbocycles. The van der Waals surface area contributed by atoms with E-state index in [1.165, 1.54) is 12.8 Å². The summed E-state index contributed by atoms with van der Waals surface area (Å²) >= 11 is 0. The number of hydrogen-bond acceptors (Lipinski definition) is 3. The van der Waals surface area contributed by atoms with Crippen molar-refractivity contribution in [2.75, 3.05) is 23.7 Å². The molecule has 16 heavy (non-hydrogen) atoms. The zero-order valence-corrected chi connectivity index (χ0v) is 9.61. The van der Waals surface area contributed by atoms with Crippen LogP contribution in [-0.4, -0.2) is 13.1 Å². The summed E-state index contributed by atoms with van der Waals surface area (Å²) in [5, 5.41) is 9.10. The number of rotatable bonds is 4. The lowest BCUT2D eigenvalue weighted by Gasteiger charge is -2.24. The second kappa shape index (κ2) is 4.44. The van der Waals surface area contributed by atoms with Gasteiger partial charge in [-0.3, -0.25) is 0 Å². The van der Waals surface area contributed by atoms with Crippen molar-refractivity contribution in [3.8, 4) is 6.07 Å². The number of nitrogens with two attached hydrogens (primary N) is 1. The predicted octanol–water partition coefficient (Wildman–Crippen LogP) is 2.38. The third-order valence-electron chi connectivity index (χ3n) is 3.04. The maximum absolute atomic E-state index is 9.10. The molecule has 0 amide bonds. The van der Waals surface area contributed by atoms with Crippen LogP contribution in [0.4, 0.5) is 11.4 Å². The first-order valence-corrected chi connectivity index (χ1v) is 5.79. The number of hydrogen-bond donors (Lipinski definition) is 1. The highest BCUT2D eigenvalue weighted by Crippen LogP contribution is 2.32. The Labute approximate surface area is 96.5 Å². The fourth-order valence-electron chi connectivity index (χ4n) is 1.93. The van der Waals surface area contributed by atoms with Crippen molar-refractivity contribution in [1.29, 1.82) is 5.26 Å². The Kier molecular flexibility index (Phi) is 3.00. The van der Waals surface area contributed by atoms with Gasteiger partial charge in [0.15, 0.2) is 0 Å². The first-order chi connectivity index (χ1) is 7.74. The first kappa shape index (κ1) is 10.8. The van der Waals surface area contributed by atoms with Gasteiger partial charge < -0.3 is 10.6 Å². The van der Waals surface area contributed by atoms with Gasteiger partial charge in [-0.05, 0) is 43.9 Å². The van der Waals surface area contributed by atoms with Crippen molar-refractivity contribution in [3.63, 3.8) is 0 Å². The average molecular weight is 215 g/mol. The van der Waals surface area contributed by atoms with Gasteiger partial charge in [0.05, 0.1) is 11.3 Å². The van der Waals surface area contributed by atoms with Crippen molar-refractivity contribution in [2.24, 2.45) is 5.92 Å².